The van der Waals surface area contributed by atoms with Gasteiger partial charge in [-0.1, -0.05) is 58.3 Å². The van der Waals surface area contributed by atoms with Gasteiger partial charge < -0.3 is 14.6 Å². The summed E-state index contributed by atoms with van der Waals surface area (Å²) in [4.78, 5) is 9.90. The summed E-state index contributed by atoms with van der Waals surface area (Å²) in [7, 11) is 0. The van der Waals surface area contributed by atoms with Crippen LogP contribution in [-0.4, -0.2) is 12.8 Å². The quantitative estimate of drug-likeness (QED) is 0.294. The van der Waals surface area contributed by atoms with Crippen molar-refractivity contribution < 1.29 is 33.5 Å². The molecular formula is C12H23LiO3. The standard InChI is InChI=1S/C12H24O3.Li/c1-2-3-4-5-6-7-8-9-10-11-15-12(13)14;/h2-11H2,1H3,(H,13,14);/q;+1/p-1. The molecule has 0 saturated carbocycles. The SMILES string of the molecule is CCCCCCCCCCCOC(=O)[O-].[Li+]. The second-order valence-electron chi connectivity index (χ2n) is 3.93. The molecule has 0 bridgehead atoms. The number of ether oxygens (including phenoxy) is 1. The van der Waals surface area contributed by atoms with E-state index in [1.165, 1.54) is 44.9 Å². The first-order valence-electron chi connectivity index (χ1n) is 6.11. The molecule has 90 valence electrons. The van der Waals surface area contributed by atoms with Crippen molar-refractivity contribution in [3.05, 3.63) is 0 Å². The maximum absolute atomic E-state index is 9.90. The number of carbonyl (C=O) groups is 1. The van der Waals surface area contributed by atoms with Crippen LogP contribution in [0.15, 0.2) is 0 Å². The van der Waals surface area contributed by atoms with E-state index in [0.717, 1.165) is 12.8 Å². The van der Waals surface area contributed by atoms with E-state index in [2.05, 4.69) is 11.7 Å². The van der Waals surface area contributed by atoms with E-state index < -0.39 is 6.16 Å². The fraction of sp³-hybridized carbons (Fsp3) is 0.917. The first-order chi connectivity index (χ1) is 7.27. The van der Waals surface area contributed by atoms with Gasteiger partial charge in [-0.05, 0) is 6.42 Å². The summed E-state index contributed by atoms with van der Waals surface area (Å²) in [6.45, 7) is 2.51. The molecule has 0 N–H and O–H groups in total. The maximum Gasteiger partial charge on any atom is 1.00 e. The number of rotatable bonds is 10. The monoisotopic (exact) mass is 222 g/mol. The molecule has 0 atom stereocenters. The van der Waals surface area contributed by atoms with Crippen LogP contribution >= 0.6 is 0 Å². The summed E-state index contributed by atoms with van der Waals surface area (Å²) in [6, 6.07) is 0. The van der Waals surface area contributed by atoms with Crippen LogP contribution in [0, 0.1) is 0 Å². The van der Waals surface area contributed by atoms with Crippen LogP contribution in [0.3, 0.4) is 0 Å². The Morgan fingerprint density at radius 3 is 1.81 bits per heavy atom. The predicted molar refractivity (Wildman–Crippen MR) is 58.6 cm³/mol. The largest absolute Gasteiger partial charge is 1.00 e. The van der Waals surface area contributed by atoms with Crippen molar-refractivity contribution in [3.63, 3.8) is 0 Å². The summed E-state index contributed by atoms with van der Waals surface area (Å²) in [6.07, 6.45) is 9.55. The normalized spacial score (nSPS) is 9.56. The Morgan fingerprint density at radius 2 is 1.38 bits per heavy atom. The first-order valence-corrected chi connectivity index (χ1v) is 6.11. The van der Waals surface area contributed by atoms with Gasteiger partial charge in [-0.3, -0.25) is 0 Å². The molecule has 0 rings (SSSR count). The molecule has 0 heterocycles. The first kappa shape index (κ1) is 18.2. The fourth-order valence-corrected chi connectivity index (χ4v) is 1.57. The van der Waals surface area contributed by atoms with Gasteiger partial charge in [0.15, 0.2) is 0 Å². The summed E-state index contributed by atoms with van der Waals surface area (Å²) in [5, 5.41) is 9.90. The summed E-state index contributed by atoms with van der Waals surface area (Å²) >= 11 is 0. The van der Waals surface area contributed by atoms with E-state index in [9.17, 15) is 9.90 Å². The summed E-state index contributed by atoms with van der Waals surface area (Å²) in [5.74, 6) is 0. The van der Waals surface area contributed by atoms with E-state index >= 15 is 0 Å². The second-order valence-corrected chi connectivity index (χ2v) is 3.93. The minimum absolute atomic E-state index is 0. The van der Waals surface area contributed by atoms with Gasteiger partial charge in [-0.15, -0.1) is 0 Å². The molecule has 0 aliphatic rings. The van der Waals surface area contributed by atoms with Crippen LogP contribution in [0.5, 0.6) is 0 Å². The van der Waals surface area contributed by atoms with Crippen LogP contribution in [0.25, 0.3) is 0 Å². The minimum atomic E-state index is -1.41. The Bertz CT molecular complexity index is 151. The molecule has 0 unspecified atom stereocenters. The number of carboxylic acid groups (broad SMARTS) is 1. The smallest absolute Gasteiger partial charge is 0.550 e. The van der Waals surface area contributed by atoms with Gasteiger partial charge in [-0.25, -0.2) is 0 Å². The molecule has 0 aliphatic carbocycles. The zero-order valence-electron chi connectivity index (χ0n) is 10.8. The molecule has 4 heteroatoms. The Balaban J connectivity index is 0. The van der Waals surface area contributed by atoms with Crippen molar-refractivity contribution in [1.29, 1.82) is 0 Å². The topological polar surface area (TPSA) is 49.4 Å². The van der Waals surface area contributed by atoms with E-state index in [4.69, 9.17) is 0 Å². The Morgan fingerprint density at radius 1 is 0.938 bits per heavy atom. The molecule has 0 aromatic heterocycles. The van der Waals surface area contributed by atoms with Crippen LogP contribution < -0.4 is 24.0 Å². The third kappa shape index (κ3) is 16.3. The van der Waals surface area contributed by atoms with Crippen molar-refractivity contribution in [2.45, 2.75) is 64.7 Å². The molecule has 0 fully saturated rings. The summed E-state index contributed by atoms with van der Waals surface area (Å²) in [5.41, 5.74) is 0. The Hall–Kier alpha value is -0.133. The molecule has 3 nitrogen and oxygen atoms in total. The van der Waals surface area contributed by atoms with Crippen LogP contribution in [-0.2, 0) is 4.74 Å². The third-order valence-corrected chi connectivity index (χ3v) is 2.47. The maximum atomic E-state index is 9.90. The number of unbranched alkanes of at least 4 members (excludes halogenated alkanes) is 8. The molecule has 16 heavy (non-hydrogen) atoms. The molecular weight excluding hydrogens is 199 g/mol. The Kier molecular flexibility index (Phi) is 16.9. The van der Waals surface area contributed by atoms with E-state index in [1.54, 1.807) is 0 Å². The van der Waals surface area contributed by atoms with E-state index in [1.807, 2.05) is 0 Å². The molecule has 0 saturated heterocycles. The Labute approximate surface area is 111 Å². The van der Waals surface area contributed by atoms with Gasteiger partial charge in [0, 0.05) is 6.61 Å². The van der Waals surface area contributed by atoms with Crippen molar-refractivity contribution in [3.8, 4) is 0 Å². The van der Waals surface area contributed by atoms with Crippen molar-refractivity contribution in [2.75, 3.05) is 6.61 Å². The van der Waals surface area contributed by atoms with Crippen LogP contribution in [0.2, 0.25) is 0 Å². The number of hydrogen-bond acceptors (Lipinski definition) is 3. The second kappa shape index (κ2) is 14.9. The fourth-order valence-electron chi connectivity index (χ4n) is 1.57. The molecule has 0 aromatic rings. The third-order valence-electron chi connectivity index (χ3n) is 2.47. The van der Waals surface area contributed by atoms with Crippen molar-refractivity contribution in [1.82, 2.24) is 0 Å². The molecule has 0 radical (unpaired) electrons. The molecule has 0 spiro atoms. The molecule has 0 amide bonds. The number of carbonyl (C=O) groups excluding carboxylic acids is 1. The van der Waals surface area contributed by atoms with E-state index in [-0.39, 0.29) is 25.5 Å². The van der Waals surface area contributed by atoms with Gasteiger partial charge in [0.05, 0.1) is 0 Å². The van der Waals surface area contributed by atoms with E-state index in [0.29, 0.717) is 0 Å². The van der Waals surface area contributed by atoms with Gasteiger partial charge in [0.1, 0.15) is 0 Å². The van der Waals surface area contributed by atoms with Gasteiger partial charge >= 0.3 is 18.9 Å². The van der Waals surface area contributed by atoms with Gasteiger partial charge in [0.25, 0.3) is 6.16 Å². The van der Waals surface area contributed by atoms with Crippen molar-refractivity contribution >= 4 is 6.16 Å². The molecule has 0 aliphatic heterocycles. The van der Waals surface area contributed by atoms with Crippen molar-refractivity contribution in [2.24, 2.45) is 0 Å². The van der Waals surface area contributed by atoms with Crippen LogP contribution in [0.4, 0.5) is 4.79 Å². The van der Waals surface area contributed by atoms with Gasteiger partial charge in [-0.2, -0.15) is 0 Å². The average Bonchev–Trinajstić information content (AvgIpc) is 2.20. The zero-order chi connectivity index (χ0) is 11.4. The minimum Gasteiger partial charge on any atom is -0.550 e. The van der Waals surface area contributed by atoms with Gasteiger partial charge in [0.2, 0.25) is 0 Å². The zero-order valence-corrected chi connectivity index (χ0v) is 10.8. The van der Waals surface area contributed by atoms with Crippen LogP contribution in [0.1, 0.15) is 64.7 Å². The summed E-state index contributed by atoms with van der Waals surface area (Å²) < 4.78 is 4.31. The number of hydrogen-bond donors (Lipinski definition) is 0. The molecule has 0 aromatic carbocycles. The average molecular weight is 222 g/mol. The predicted octanol–water partition coefficient (Wildman–Crippen LogP) is -0.119.